The average molecular weight is 142 g/mol. The van der Waals surface area contributed by atoms with Crippen molar-refractivity contribution in [1.82, 2.24) is 0 Å². The zero-order chi connectivity index (χ0) is 7.66. The van der Waals surface area contributed by atoms with Crippen molar-refractivity contribution >= 4 is 0 Å². The molecule has 0 aliphatic heterocycles. The Morgan fingerprint density at radius 2 is 2.20 bits per heavy atom. The third kappa shape index (κ3) is 7.48. The summed E-state index contributed by atoms with van der Waals surface area (Å²) in [4.78, 5) is 0. The molecule has 0 aromatic heterocycles. The largest absolute Gasteiger partial charge is 0.355 e. The molecule has 0 amide bonds. The van der Waals surface area contributed by atoms with Crippen molar-refractivity contribution in [2.75, 3.05) is 20.0 Å². The highest BCUT2D eigenvalue weighted by Crippen LogP contribution is 1.87. The zero-order valence-electron chi connectivity index (χ0n) is 6.43. The van der Waals surface area contributed by atoms with Crippen molar-refractivity contribution in [2.24, 2.45) is 0 Å². The molecular weight excluding hydrogens is 128 g/mol. The lowest BCUT2D eigenvalue weighted by Crippen LogP contribution is -2.01. The molecule has 0 N–H and O–H groups in total. The van der Waals surface area contributed by atoms with E-state index in [2.05, 4.69) is 12.8 Å². The monoisotopic (exact) mass is 142 g/mol. The minimum absolute atomic E-state index is 0.324. The standard InChI is InChI=1S/C8H14O2/c1-3-5-7-10-8-9-6-4-2/h2H,3,5-8H2,1H3. The van der Waals surface area contributed by atoms with Gasteiger partial charge in [-0.2, -0.15) is 0 Å². The van der Waals surface area contributed by atoms with E-state index < -0.39 is 0 Å². The fourth-order valence-corrected chi connectivity index (χ4v) is 0.465. The first-order valence-corrected chi connectivity index (χ1v) is 3.50. The SMILES string of the molecule is C#CCOCOCCCC. The van der Waals surface area contributed by atoms with Gasteiger partial charge < -0.3 is 9.47 Å². The molecule has 0 spiro atoms. The molecule has 0 saturated carbocycles. The van der Waals surface area contributed by atoms with Crippen molar-refractivity contribution in [3.8, 4) is 12.3 Å². The number of ether oxygens (including phenoxy) is 2. The summed E-state index contributed by atoms with van der Waals surface area (Å²) in [5.41, 5.74) is 0. The van der Waals surface area contributed by atoms with E-state index in [0.29, 0.717) is 13.4 Å². The van der Waals surface area contributed by atoms with E-state index >= 15 is 0 Å². The molecular formula is C8H14O2. The van der Waals surface area contributed by atoms with Gasteiger partial charge in [0.25, 0.3) is 0 Å². The summed E-state index contributed by atoms with van der Waals surface area (Å²) in [6.07, 6.45) is 7.17. The highest BCUT2D eigenvalue weighted by Gasteiger charge is 1.84. The quantitative estimate of drug-likeness (QED) is 0.317. The van der Waals surface area contributed by atoms with E-state index in [4.69, 9.17) is 15.9 Å². The van der Waals surface area contributed by atoms with Gasteiger partial charge >= 0.3 is 0 Å². The smallest absolute Gasteiger partial charge is 0.148 e. The lowest BCUT2D eigenvalue weighted by Gasteiger charge is -2.00. The number of rotatable bonds is 6. The normalized spacial score (nSPS) is 9.20. The van der Waals surface area contributed by atoms with E-state index in [1.54, 1.807) is 0 Å². The number of unbranched alkanes of at least 4 members (excludes halogenated alkanes) is 1. The first-order chi connectivity index (χ1) is 4.91. The lowest BCUT2D eigenvalue weighted by atomic mass is 10.4. The second kappa shape index (κ2) is 8.48. The van der Waals surface area contributed by atoms with Crippen LogP contribution in [-0.2, 0) is 9.47 Å². The second-order valence-electron chi connectivity index (χ2n) is 1.93. The molecule has 2 heteroatoms. The number of hydrogen-bond acceptors (Lipinski definition) is 2. The van der Waals surface area contributed by atoms with Gasteiger partial charge in [-0.15, -0.1) is 6.42 Å². The van der Waals surface area contributed by atoms with E-state index in [1.165, 1.54) is 0 Å². The summed E-state index contributed by atoms with van der Waals surface area (Å²) >= 11 is 0. The molecule has 0 rings (SSSR count). The van der Waals surface area contributed by atoms with Crippen molar-refractivity contribution in [3.05, 3.63) is 0 Å². The number of hydrogen-bond donors (Lipinski definition) is 0. The summed E-state index contributed by atoms with van der Waals surface area (Å²) in [7, 11) is 0. The van der Waals surface area contributed by atoms with Gasteiger partial charge in [-0.3, -0.25) is 0 Å². The highest BCUT2D eigenvalue weighted by atomic mass is 16.7. The summed E-state index contributed by atoms with van der Waals surface area (Å²) in [5.74, 6) is 2.36. The molecule has 0 aliphatic carbocycles. The predicted octanol–water partition coefficient (Wildman–Crippen LogP) is 1.41. The van der Waals surface area contributed by atoms with Gasteiger partial charge in [-0.05, 0) is 6.42 Å². The first kappa shape index (κ1) is 9.48. The molecule has 0 unspecified atom stereocenters. The minimum atomic E-state index is 0.324. The summed E-state index contributed by atoms with van der Waals surface area (Å²) in [6, 6.07) is 0. The summed E-state index contributed by atoms with van der Waals surface area (Å²) in [6.45, 7) is 3.54. The molecule has 0 aliphatic rings. The van der Waals surface area contributed by atoms with E-state index in [1.807, 2.05) is 0 Å². The van der Waals surface area contributed by atoms with Gasteiger partial charge in [0.15, 0.2) is 0 Å². The molecule has 2 nitrogen and oxygen atoms in total. The molecule has 58 valence electrons. The Kier molecular flexibility index (Phi) is 8.04. The Labute approximate surface area is 62.5 Å². The highest BCUT2D eigenvalue weighted by molar-refractivity contribution is 4.82. The van der Waals surface area contributed by atoms with Gasteiger partial charge in [0.2, 0.25) is 0 Å². The van der Waals surface area contributed by atoms with Crippen LogP contribution < -0.4 is 0 Å². The Bertz CT molecular complexity index is 93.9. The van der Waals surface area contributed by atoms with Gasteiger partial charge in [0.1, 0.15) is 13.4 Å². The lowest BCUT2D eigenvalue weighted by molar-refractivity contribution is -0.0428. The minimum Gasteiger partial charge on any atom is -0.355 e. The van der Waals surface area contributed by atoms with Crippen LogP contribution in [-0.4, -0.2) is 20.0 Å². The molecule has 0 heterocycles. The fraction of sp³-hybridized carbons (Fsp3) is 0.750. The maximum Gasteiger partial charge on any atom is 0.148 e. The molecule has 0 atom stereocenters. The molecule has 0 radical (unpaired) electrons. The Hall–Kier alpha value is -0.520. The third-order valence-corrected chi connectivity index (χ3v) is 0.994. The van der Waals surface area contributed by atoms with Crippen molar-refractivity contribution in [1.29, 1.82) is 0 Å². The Morgan fingerprint density at radius 3 is 2.80 bits per heavy atom. The predicted molar refractivity (Wildman–Crippen MR) is 40.5 cm³/mol. The van der Waals surface area contributed by atoms with Crippen LogP contribution in [0.25, 0.3) is 0 Å². The average Bonchev–Trinajstić information content (AvgIpc) is 1.97. The summed E-state index contributed by atoms with van der Waals surface area (Å²) in [5, 5.41) is 0. The van der Waals surface area contributed by atoms with Crippen LogP contribution in [0.15, 0.2) is 0 Å². The van der Waals surface area contributed by atoms with Crippen LogP contribution in [0.2, 0.25) is 0 Å². The zero-order valence-corrected chi connectivity index (χ0v) is 6.43. The van der Waals surface area contributed by atoms with Crippen LogP contribution in [0.1, 0.15) is 19.8 Å². The Balaban J connectivity index is 2.72. The topological polar surface area (TPSA) is 18.5 Å². The van der Waals surface area contributed by atoms with Gasteiger partial charge in [-0.1, -0.05) is 19.3 Å². The van der Waals surface area contributed by atoms with Crippen LogP contribution in [0.3, 0.4) is 0 Å². The molecule has 0 fully saturated rings. The van der Waals surface area contributed by atoms with E-state index in [-0.39, 0.29) is 0 Å². The molecule has 0 aromatic carbocycles. The van der Waals surface area contributed by atoms with Gasteiger partial charge in [0, 0.05) is 6.61 Å². The molecule has 0 bridgehead atoms. The molecule has 0 saturated heterocycles. The van der Waals surface area contributed by atoms with E-state index in [9.17, 15) is 0 Å². The van der Waals surface area contributed by atoms with Gasteiger partial charge in [0.05, 0.1) is 0 Å². The maximum absolute atomic E-state index is 5.06. The molecule has 0 aromatic rings. The van der Waals surface area contributed by atoms with Crippen LogP contribution in [0.5, 0.6) is 0 Å². The Morgan fingerprint density at radius 1 is 1.40 bits per heavy atom. The second-order valence-corrected chi connectivity index (χ2v) is 1.93. The maximum atomic E-state index is 5.06. The van der Waals surface area contributed by atoms with Gasteiger partial charge in [-0.25, -0.2) is 0 Å². The van der Waals surface area contributed by atoms with Crippen molar-refractivity contribution in [2.45, 2.75) is 19.8 Å². The van der Waals surface area contributed by atoms with Crippen LogP contribution in [0.4, 0.5) is 0 Å². The summed E-state index contributed by atoms with van der Waals surface area (Å²) < 4.78 is 9.93. The third-order valence-electron chi connectivity index (χ3n) is 0.994. The first-order valence-electron chi connectivity index (χ1n) is 3.50. The molecule has 10 heavy (non-hydrogen) atoms. The van der Waals surface area contributed by atoms with Crippen LogP contribution in [0, 0.1) is 12.3 Å². The fourth-order valence-electron chi connectivity index (χ4n) is 0.465. The van der Waals surface area contributed by atoms with Crippen molar-refractivity contribution in [3.63, 3.8) is 0 Å². The van der Waals surface area contributed by atoms with Crippen LogP contribution >= 0.6 is 0 Å². The van der Waals surface area contributed by atoms with E-state index in [0.717, 1.165) is 19.4 Å². The van der Waals surface area contributed by atoms with Crippen molar-refractivity contribution < 1.29 is 9.47 Å². The number of terminal acetylenes is 1.